The monoisotopic (exact) mass is 235 g/mol. The van der Waals surface area contributed by atoms with Crippen LogP contribution in [0, 0.1) is 0 Å². The highest BCUT2D eigenvalue weighted by atomic mass is 16.3. The third-order valence-electron chi connectivity index (χ3n) is 4.15. The Hall–Kier alpha value is -1.06. The Morgan fingerprint density at radius 2 is 1.65 bits per heavy atom. The highest BCUT2D eigenvalue weighted by Gasteiger charge is 2.39. The zero-order valence-corrected chi connectivity index (χ0v) is 10.3. The Kier molecular flexibility index (Phi) is 3.15. The lowest BCUT2D eigenvalue weighted by Gasteiger charge is -2.42. The lowest BCUT2D eigenvalue weighted by Crippen LogP contribution is -2.43. The molecule has 0 unspecified atom stereocenters. The van der Waals surface area contributed by atoms with Crippen molar-refractivity contribution < 1.29 is 10.2 Å². The van der Waals surface area contributed by atoms with Crippen LogP contribution in [0.2, 0.25) is 0 Å². The number of hydrogen-bond acceptors (Lipinski definition) is 3. The number of phenolic OH excluding ortho intramolecular Hbond substituents is 1. The standard InChI is InChI=1S/C14H21NO2/c1-13(17)6-8-14(10-15,9-7-13)11-2-4-12(16)5-3-11/h2-5,16-17H,6-10,15H2,1H3. The van der Waals surface area contributed by atoms with Gasteiger partial charge in [0.2, 0.25) is 0 Å². The molecule has 1 fully saturated rings. The van der Waals surface area contributed by atoms with Crippen LogP contribution < -0.4 is 5.73 Å². The minimum absolute atomic E-state index is 0.0318. The first-order valence-corrected chi connectivity index (χ1v) is 6.19. The first-order chi connectivity index (χ1) is 7.97. The predicted molar refractivity (Wildman–Crippen MR) is 67.9 cm³/mol. The summed E-state index contributed by atoms with van der Waals surface area (Å²) in [5.41, 5.74) is 6.55. The SMILES string of the molecule is CC1(O)CCC(CN)(c2ccc(O)cc2)CC1. The summed E-state index contributed by atoms with van der Waals surface area (Å²) >= 11 is 0. The van der Waals surface area contributed by atoms with Gasteiger partial charge in [0.15, 0.2) is 0 Å². The minimum Gasteiger partial charge on any atom is -0.508 e. The second-order valence-electron chi connectivity index (χ2n) is 5.53. The number of aliphatic hydroxyl groups is 1. The first kappa shape index (κ1) is 12.4. The molecule has 1 saturated carbocycles. The normalized spacial score (nSPS) is 33.6. The van der Waals surface area contributed by atoms with Gasteiger partial charge in [-0.25, -0.2) is 0 Å². The van der Waals surface area contributed by atoms with E-state index in [2.05, 4.69) is 0 Å². The van der Waals surface area contributed by atoms with Gasteiger partial charge in [-0.3, -0.25) is 0 Å². The molecule has 1 aromatic carbocycles. The first-order valence-electron chi connectivity index (χ1n) is 6.19. The molecule has 0 amide bonds. The fraction of sp³-hybridized carbons (Fsp3) is 0.571. The van der Waals surface area contributed by atoms with Crippen LogP contribution in [0.4, 0.5) is 0 Å². The molecular weight excluding hydrogens is 214 g/mol. The average Bonchev–Trinajstić information content (AvgIpc) is 2.31. The van der Waals surface area contributed by atoms with Gasteiger partial charge in [-0.2, -0.15) is 0 Å². The van der Waals surface area contributed by atoms with Gasteiger partial charge >= 0.3 is 0 Å². The Bertz CT molecular complexity index is 374. The van der Waals surface area contributed by atoms with Gasteiger partial charge in [0.1, 0.15) is 5.75 Å². The maximum absolute atomic E-state index is 10.0. The molecule has 0 heterocycles. The van der Waals surface area contributed by atoms with E-state index in [-0.39, 0.29) is 11.2 Å². The van der Waals surface area contributed by atoms with Gasteiger partial charge in [0, 0.05) is 12.0 Å². The number of benzene rings is 1. The maximum Gasteiger partial charge on any atom is 0.115 e. The maximum atomic E-state index is 10.0. The summed E-state index contributed by atoms with van der Waals surface area (Å²) in [4.78, 5) is 0. The molecular formula is C14H21NO2. The summed E-state index contributed by atoms with van der Waals surface area (Å²) in [5, 5.41) is 19.3. The molecule has 17 heavy (non-hydrogen) atoms. The second kappa shape index (κ2) is 4.31. The van der Waals surface area contributed by atoms with Gasteiger partial charge in [0.25, 0.3) is 0 Å². The smallest absolute Gasteiger partial charge is 0.115 e. The number of phenols is 1. The summed E-state index contributed by atoms with van der Waals surface area (Å²) in [6, 6.07) is 7.31. The Balaban J connectivity index is 2.24. The summed E-state index contributed by atoms with van der Waals surface area (Å²) in [7, 11) is 0. The van der Waals surface area contributed by atoms with E-state index < -0.39 is 5.60 Å². The number of aromatic hydroxyl groups is 1. The van der Waals surface area contributed by atoms with Crippen LogP contribution in [0.1, 0.15) is 38.2 Å². The molecule has 3 nitrogen and oxygen atoms in total. The number of rotatable bonds is 2. The molecule has 1 aromatic rings. The van der Waals surface area contributed by atoms with Crippen molar-refractivity contribution in [3.05, 3.63) is 29.8 Å². The zero-order valence-electron chi connectivity index (χ0n) is 10.3. The molecule has 0 atom stereocenters. The second-order valence-corrected chi connectivity index (χ2v) is 5.53. The minimum atomic E-state index is -0.546. The van der Waals surface area contributed by atoms with E-state index in [1.165, 1.54) is 5.56 Å². The molecule has 0 spiro atoms. The number of nitrogens with two attached hydrogens (primary N) is 1. The molecule has 3 heteroatoms. The molecule has 0 bridgehead atoms. The van der Waals surface area contributed by atoms with Crippen LogP contribution >= 0.6 is 0 Å². The van der Waals surface area contributed by atoms with Crippen LogP contribution in [0.3, 0.4) is 0 Å². The van der Waals surface area contributed by atoms with Gasteiger partial charge in [-0.1, -0.05) is 12.1 Å². The van der Waals surface area contributed by atoms with Crippen LogP contribution in [0.25, 0.3) is 0 Å². The van der Waals surface area contributed by atoms with Crippen LogP contribution in [0.15, 0.2) is 24.3 Å². The van der Waals surface area contributed by atoms with Gasteiger partial charge < -0.3 is 15.9 Å². The topological polar surface area (TPSA) is 66.5 Å². The van der Waals surface area contributed by atoms with Crippen molar-refractivity contribution in [3.8, 4) is 5.75 Å². The van der Waals surface area contributed by atoms with Crippen molar-refractivity contribution in [2.45, 2.75) is 43.6 Å². The summed E-state index contributed by atoms with van der Waals surface area (Å²) in [5.74, 6) is 0.281. The van der Waals surface area contributed by atoms with Crippen molar-refractivity contribution >= 4 is 0 Å². The van der Waals surface area contributed by atoms with Gasteiger partial charge in [-0.15, -0.1) is 0 Å². The largest absolute Gasteiger partial charge is 0.508 e. The molecule has 2 rings (SSSR count). The van der Waals surface area contributed by atoms with Crippen LogP contribution in [-0.4, -0.2) is 22.4 Å². The third kappa shape index (κ3) is 2.45. The predicted octanol–water partition coefficient (Wildman–Crippen LogP) is 1.91. The molecule has 1 aliphatic rings. The summed E-state index contributed by atoms with van der Waals surface area (Å²) in [6.07, 6.45) is 3.37. The van der Waals surface area contributed by atoms with Crippen molar-refractivity contribution in [2.75, 3.05) is 6.54 Å². The van der Waals surface area contributed by atoms with Gasteiger partial charge in [0.05, 0.1) is 5.60 Å². The highest BCUT2D eigenvalue weighted by molar-refractivity contribution is 5.32. The molecule has 94 valence electrons. The molecule has 0 aromatic heterocycles. The van der Waals surface area contributed by atoms with E-state index in [0.29, 0.717) is 6.54 Å². The zero-order chi connectivity index (χ0) is 12.5. The van der Waals surface area contributed by atoms with Crippen molar-refractivity contribution in [1.29, 1.82) is 0 Å². The number of hydrogen-bond donors (Lipinski definition) is 3. The van der Waals surface area contributed by atoms with Crippen LogP contribution in [-0.2, 0) is 5.41 Å². The fourth-order valence-electron chi connectivity index (χ4n) is 2.69. The van der Waals surface area contributed by atoms with E-state index in [1.807, 2.05) is 19.1 Å². The van der Waals surface area contributed by atoms with Gasteiger partial charge in [-0.05, 0) is 50.3 Å². The average molecular weight is 235 g/mol. The van der Waals surface area contributed by atoms with Crippen molar-refractivity contribution in [2.24, 2.45) is 5.73 Å². The Morgan fingerprint density at radius 3 is 2.12 bits per heavy atom. The van der Waals surface area contributed by atoms with Crippen LogP contribution in [0.5, 0.6) is 5.75 Å². The molecule has 0 radical (unpaired) electrons. The highest BCUT2D eigenvalue weighted by Crippen LogP contribution is 2.42. The molecule has 0 saturated heterocycles. The lowest BCUT2D eigenvalue weighted by atomic mass is 9.65. The van der Waals surface area contributed by atoms with E-state index in [4.69, 9.17) is 5.73 Å². The molecule has 1 aliphatic carbocycles. The van der Waals surface area contributed by atoms with Crippen molar-refractivity contribution in [1.82, 2.24) is 0 Å². The fourth-order valence-corrected chi connectivity index (χ4v) is 2.69. The Morgan fingerprint density at radius 1 is 1.12 bits per heavy atom. The molecule has 4 N–H and O–H groups in total. The summed E-state index contributed by atoms with van der Waals surface area (Å²) in [6.45, 7) is 2.48. The van der Waals surface area contributed by atoms with Crippen molar-refractivity contribution in [3.63, 3.8) is 0 Å². The quantitative estimate of drug-likeness (QED) is 0.733. The summed E-state index contributed by atoms with van der Waals surface area (Å²) < 4.78 is 0. The lowest BCUT2D eigenvalue weighted by molar-refractivity contribution is 0.00143. The van der Waals surface area contributed by atoms with E-state index in [1.54, 1.807) is 12.1 Å². The third-order valence-corrected chi connectivity index (χ3v) is 4.15. The van der Waals surface area contributed by atoms with E-state index >= 15 is 0 Å². The van der Waals surface area contributed by atoms with E-state index in [0.717, 1.165) is 25.7 Å². The van der Waals surface area contributed by atoms with E-state index in [9.17, 15) is 10.2 Å². The Labute approximate surface area is 102 Å². The molecule has 0 aliphatic heterocycles.